The average Bonchev–Trinajstić information content (AvgIpc) is 2.92. The highest BCUT2D eigenvalue weighted by Gasteiger charge is 2.16. The Bertz CT molecular complexity index is 608. The molecular weight excluding hydrogens is 321 g/mol. The van der Waals surface area contributed by atoms with Crippen LogP contribution in [0.2, 0.25) is 10.0 Å². The maximum Gasteiger partial charge on any atom is 0.404 e. The second-order valence-electron chi connectivity index (χ2n) is 3.94. The zero-order valence-electron chi connectivity index (χ0n) is 10.6. The molecule has 0 fully saturated rings. The second kappa shape index (κ2) is 7.09. The number of ether oxygens (including phenoxy) is 2. The normalized spacial score (nSPS) is 11.9. The molecule has 10 heteroatoms. The van der Waals surface area contributed by atoms with Gasteiger partial charge in [-0.05, 0) is 17.3 Å². The molecule has 8 nitrogen and oxygen atoms in total. The van der Waals surface area contributed by atoms with E-state index in [2.05, 4.69) is 15.4 Å². The Hall–Kier alpha value is -2.06. The SMILES string of the molecule is NC(=O)OC(COc1cc(Cl)ccc1Cl)Cn1ncnn1. The van der Waals surface area contributed by atoms with Crippen LogP contribution >= 0.6 is 23.2 Å². The fourth-order valence-corrected chi connectivity index (χ4v) is 1.85. The number of hydrogen-bond donors (Lipinski definition) is 1. The minimum Gasteiger partial charge on any atom is -0.488 e. The summed E-state index contributed by atoms with van der Waals surface area (Å²) in [5.74, 6) is 0.369. The summed E-state index contributed by atoms with van der Waals surface area (Å²) in [7, 11) is 0. The van der Waals surface area contributed by atoms with E-state index in [1.54, 1.807) is 18.2 Å². The van der Waals surface area contributed by atoms with Gasteiger partial charge in [-0.3, -0.25) is 0 Å². The van der Waals surface area contributed by atoms with Crippen LogP contribution in [0, 0.1) is 0 Å². The van der Waals surface area contributed by atoms with E-state index >= 15 is 0 Å². The van der Waals surface area contributed by atoms with E-state index in [1.165, 1.54) is 11.1 Å². The molecule has 1 aromatic carbocycles. The molecule has 1 unspecified atom stereocenters. The minimum atomic E-state index is -0.930. The van der Waals surface area contributed by atoms with E-state index in [1.807, 2.05) is 0 Å². The van der Waals surface area contributed by atoms with Crippen LogP contribution in [-0.2, 0) is 11.3 Å². The lowest BCUT2D eigenvalue weighted by atomic mass is 10.3. The van der Waals surface area contributed by atoms with E-state index in [0.29, 0.717) is 15.8 Å². The van der Waals surface area contributed by atoms with E-state index in [4.69, 9.17) is 38.4 Å². The first kappa shape index (κ1) is 15.3. The topological polar surface area (TPSA) is 105 Å². The Balaban J connectivity index is 2.01. The van der Waals surface area contributed by atoms with E-state index in [9.17, 15) is 4.79 Å². The molecule has 0 spiro atoms. The first-order chi connectivity index (χ1) is 10.0. The first-order valence-electron chi connectivity index (χ1n) is 5.79. The van der Waals surface area contributed by atoms with Gasteiger partial charge in [0.15, 0.2) is 12.4 Å². The average molecular weight is 332 g/mol. The van der Waals surface area contributed by atoms with Gasteiger partial charge >= 0.3 is 6.09 Å². The van der Waals surface area contributed by atoms with Gasteiger partial charge < -0.3 is 15.2 Å². The summed E-state index contributed by atoms with van der Waals surface area (Å²) < 4.78 is 10.4. The van der Waals surface area contributed by atoms with Crippen LogP contribution in [0.25, 0.3) is 0 Å². The summed E-state index contributed by atoms with van der Waals surface area (Å²) in [6.45, 7) is 0.145. The lowest BCUT2D eigenvalue weighted by Gasteiger charge is -2.17. The van der Waals surface area contributed by atoms with Crippen LogP contribution < -0.4 is 10.5 Å². The van der Waals surface area contributed by atoms with Gasteiger partial charge in [0.25, 0.3) is 0 Å². The van der Waals surface area contributed by atoms with Crippen molar-refractivity contribution in [2.75, 3.05) is 6.61 Å². The van der Waals surface area contributed by atoms with Gasteiger partial charge in [-0.2, -0.15) is 4.80 Å². The van der Waals surface area contributed by atoms with Gasteiger partial charge in [0.05, 0.1) is 5.02 Å². The Morgan fingerprint density at radius 3 is 2.90 bits per heavy atom. The molecule has 2 N–H and O–H groups in total. The molecule has 1 atom stereocenters. The maximum atomic E-state index is 10.9. The third-order valence-corrected chi connectivity index (χ3v) is 2.91. The quantitative estimate of drug-likeness (QED) is 0.860. The smallest absolute Gasteiger partial charge is 0.404 e. The van der Waals surface area contributed by atoms with Crippen LogP contribution in [0.3, 0.4) is 0 Å². The molecule has 21 heavy (non-hydrogen) atoms. The number of primary amides is 1. The van der Waals surface area contributed by atoms with Crippen LogP contribution in [0.5, 0.6) is 5.75 Å². The predicted octanol–water partition coefficient (Wildman–Crippen LogP) is 1.52. The third-order valence-electron chi connectivity index (χ3n) is 2.36. The predicted molar refractivity (Wildman–Crippen MR) is 74.2 cm³/mol. The zero-order chi connectivity index (χ0) is 15.2. The molecule has 1 aromatic heterocycles. The molecule has 2 aromatic rings. The van der Waals surface area contributed by atoms with Crippen molar-refractivity contribution in [2.24, 2.45) is 5.73 Å². The number of tetrazole rings is 1. The van der Waals surface area contributed by atoms with Crippen LogP contribution in [-0.4, -0.2) is 39.0 Å². The molecule has 1 amide bonds. The number of nitrogens with zero attached hydrogens (tertiary/aromatic N) is 4. The number of carbonyl (C=O) groups excluding carboxylic acids is 1. The molecule has 0 saturated heterocycles. The summed E-state index contributed by atoms with van der Waals surface area (Å²) in [5, 5.41) is 11.9. The lowest BCUT2D eigenvalue weighted by Crippen LogP contribution is -2.32. The summed E-state index contributed by atoms with van der Waals surface area (Å²) in [4.78, 5) is 12.1. The van der Waals surface area contributed by atoms with Crippen LogP contribution in [0.4, 0.5) is 4.79 Å². The van der Waals surface area contributed by atoms with Crippen LogP contribution in [0.15, 0.2) is 24.5 Å². The van der Waals surface area contributed by atoms with Crippen molar-refractivity contribution in [3.05, 3.63) is 34.6 Å². The summed E-state index contributed by atoms with van der Waals surface area (Å²) >= 11 is 11.8. The Labute approximate surface area is 129 Å². The molecule has 1 heterocycles. The largest absolute Gasteiger partial charge is 0.488 e. The molecule has 0 aliphatic carbocycles. The van der Waals surface area contributed by atoms with Gasteiger partial charge in [-0.1, -0.05) is 23.2 Å². The van der Waals surface area contributed by atoms with Crippen molar-refractivity contribution in [3.63, 3.8) is 0 Å². The van der Waals surface area contributed by atoms with Crippen molar-refractivity contribution in [2.45, 2.75) is 12.6 Å². The number of aromatic nitrogens is 4. The Kier molecular flexibility index (Phi) is 5.18. The van der Waals surface area contributed by atoms with Gasteiger partial charge in [-0.15, -0.1) is 10.2 Å². The van der Waals surface area contributed by atoms with Gasteiger partial charge in [-0.25, -0.2) is 4.79 Å². The first-order valence-corrected chi connectivity index (χ1v) is 6.55. The van der Waals surface area contributed by atoms with Gasteiger partial charge in [0, 0.05) is 11.1 Å². The van der Waals surface area contributed by atoms with E-state index in [0.717, 1.165) is 0 Å². The number of amides is 1. The molecule has 2 rings (SSSR count). The number of rotatable bonds is 6. The third kappa shape index (κ3) is 4.76. The standard InChI is InChI=1S/C11H11Cl2N5O3/c12-7-1-2-9(13)10(3-7)20-5-8(21-11(14)19)4-18-16-6-15-17-18/h1-3,6,8H,4-5H2,(H2,14,19). The second-order valence-corrected chi connectivity index (χ2v) is 4.78. The number of nitrogens with two attached hydrogens (primary N) is 1. The lowest BCUT2D eigenvalue weighted by molar-refractivity contribution is 0.0560. The number of benzene rings is 1. The van der Waals surface area contributed by atoms with E-state index < -0.39 is 12.2 Å². The maximum absolute atomic E-state index is 10.9. The summed E-state index contributed by atoms with van der Waals surface area (Å²) in [5.41, 5.74) is 5.02. The monoisotopic (exact) mass is 331 g/mol. The number of halogens is 2. The molecule has 0 aliphatic heterocycles. The zero-order valence-corrected chi connectivity index (χ0v) is 12.2. The molecule has 0 radical (unpaired) electrons. The highest BCUT2D eigenvalue weighted by Crippen LogP contribution is 2.27. The van der Waals surface area contributed by atoms with Crippen molar-refractivity contribution < 1.29 is 14.3 Å². The van der Waals surface area contributed by atoms with Crippen LogP contribution in [0.1, 0.15) is 0 Å². The minimum absolute atomic E-state index is 0.00451. The molecule has 0 aliphatic rings. The summed E-state index contributed by atoms with van der Waals surface area (Å²) in [6, 6.07) is 4.79. The Morgan fingerprint density at radius 2 is 2.24 bits per heavy atom. The highest BCUT2D eigenvalue weighted by molar-refractivity contribution is 6.34. The highest BCUT2D eigenvalue weighted by atomic mass is 35.5. The van der Waals surface area contributed by atoms with Gasteiger partial charge in [0.1, 0.15) is 18.9 Å². The molecule has 0 saturated carbocycles. The summed E-state index contributed by atoms with van der Waals surface area (Å²) in [6.07, 6.45) is -0.372. The number of carbonyl (C=O) groups is 1. The van der Waals surface area contributed by atoms with Crippen molar-refractivity contribution in [3.8, 4) is 5.75 Å². The molecular formula is C11H11Cl2N5O3. The van der Waals surface area contributed by atoms with Crippen molar-refractivity contribution in [1.29, 1.82) is 0 Å². The van der Waals surface area contributed by atoms with E-state index in [-0.39, 0.29) is 13.2 Å². The molecule has 0 bridgehead atoms. The van der Waals surface area contributed by atoms with Crippen molar-refractivity contribution >= 4 is 29.3 Å². The fraction of sp³-hybridized carbons (Fsp3) is 0.273. The molecule has 112 valence electrons. The Morgan fingerprint density at radius 1 is 1.43 bits per heavy atom. The van der Waals surface area contributed by atoms with Crippen molar-refractivity contribution in [1.82, 2.24) is 20.2 Å². The fourth-order valence-electron chi connectivity index (χ4n) is 1.51. The van der Waals surface area contributed by atoms with Gasteiger partial charge in [0.2, 0.25) is 0 Å². The number of hydrogen-bond acceptors (Lipinski definition) is 6.